The fourth-order valence-corrected chi connectivity index (χ4v) is 3.78. The number of piperidine rings is 1. The normalized spacial score (nSPS) is 14.2. The van der Waals surface area contributed by atoms with Gasteiger partial charge in [0.25, 0.3) is 11.8 Å². The molecule has 9 heteroatoms. The van der Waals surface area contributed by atoms with Crippen molar-refractivity contribution in [3.8, 4) is 5.69 Å². The van der Waals surface area contributed by atoms with Crippen LogP contribution >= 0.6 is 0 Å². The van der Waals surface area contributed by atoms with Crippen molar-refractivity contribution >= 4 is 23.6 Å². The van der Waals surface area contributed by atoms with Crippen LogP contribution in [0.25, 0.3) is 5.69 Å². The number of benzene rings is 1. The lowest BCUT2D eigenvalue weighted by Gasteiger charge is -2.30. The molecule has 1 aliphatic rings. The molecule has 9 nitrogen and oxygen atoms in total. The van der Waals surface area contributed by atoms with Crippen LogP contribution in [0, 0.1) is 19.8 Å². The first-order chi connectivity index (χ1) is 15.9. The average Bonchev–Trinajstić information content (AvgIpc) is 3.48. The Balaban J connectivity index is 1.27. The number of carbonyl (C=O) groups is 3. The monoisotopic (exact) mass is 450 g/mol. The lowest BCUT2D eigenvalue weighted by Crippen LogP contribution is -2.40. The highest BCUT2D eigenvalue weighted by molar-refractivity contribution is 5.93. The number of hydrogen-bond acceptors (Lipinski definition) is 6. The number of nitrogens with one attached hydrogen (secondary N) is 1. The number of esters is 1. The zero-order chi connectivity index (χ0) is 23.4. The molecule has 3 heterocycles. The van der Waals surface area contributed by atoms with E-state index in [0.29, 0.717) is 31.7 Å². The highest BCUT2D eigenvalue weighted by Gasteiger charge is 2.30. The summed E-state index contributed by atoms with van der Waals surface area (Å²) >= 11 is 0. The van der Waals surface area contributed by atoms with Gasteiger partial charge in [0.2, 0.25) is 0 Å². The van der Waals surface area contributed by atoms with Crippen LogP contribution < -0.4 is 5.32 Å². The SMILES string of the molecule is Cc1ccc(-n2nc(C)cc2NC(=O)COC(=O)C2CCN(C(=O)c3ccco3)CC2)cc1. The average molecular weight is 450 g/mol. The summed E-state index contributed by atoms with van der Waals surface area (Å²) in [6.45, 7) is 4.31. The zero-order valence-electron chi connectivity index (χ0n) is 18.6. The number of nitrogens with zero attached hydrogens (tertiary/aromatic N) is 3. The number of carbonyl (C=O) groups excluding carboxylic acids is 3. The van der Waals surface area contributed by atoms with Crippen LogP contribution in [0.2, 0.25) is 0 Å². The standard InChI is InChI=1S/C24H26N4O5/c1-16-5-7-19(8-6-16)28-21(14-17(2)26-28)25-22(29)15-33-24(31)18-9-11-27(12-10-18)23(30)20-4-3-13-32-20/h3-8,13-14,18H,9-12,15H2,1-2H3,(H,25,29). The summed E-state index contributed by atoms with van der Waals surface area (Å²) in [5.74, 6) is -0.624. The number of anilines is 1. The van der Waals surface area contributed by atoms with Crippen LogP contribution in [-0.2, 0) is 14.3 Å². The minimum atomic E-state index is -0.443. The summed E-state index contributed by atoms with van der Waals surface area (Å²) in [4.78, 5) is 38.9. The number of aromatic nitrogens is 2. The van der Waals surface area contributed by atoms with Crippen molar-refractivity contribution in [1.29, 1.82) is 0 Å². The van der Waals surface area contributed by atoms with Gasteiger partial charge in [-0.15, -0.1) is 0 Å². The highest BCUT2D eigenvalue weighted by atomic mass is 16.5. The molecular formula is C24H26N4O5. The summed E-state index contributed by atoms with van der Waals surface area (Å²) in [6, 6.07) is 12.8. The summed E-state index contributed by atoms with van der Waals surface area (Å²) in [5.41, 5.74) is 2.69. The van der Waals surface area contributed by atoms with Crippen molar-refractivity contribution in [3.63, 3.8) is 0 Å². The molecule has 1 fully saturated rings. The van der Waals surface area contributed by atoms with Crippen LogP contribution in [-0.4, -0.2) is 52.2 Å². The zero-order valence-corrected chi connectivity index (χ0v) is 18.6. The Labute approximate surface area is 191 Å². The van der Waals surface area contributed by atoms with Gasteiger partial charge < -0.3 is 19.4 Å². The second-order valence-corrected chi connectivity index (χ2v) is 8.12. The topological polar surface area (TPSA) is 107 Å². The molecule has 2 amide bonds. The molecule has 0 saturated carbocycles. The predicted octanol–water partition coefficient (Wildman–Crippen LogP) is 3.12. The van der Waals surface area contributed by atoms with Crippen LogP contribution in [0.3, 0.4) is 0 Å². The van der Waals surface area contributed by atoms with Crippen LogP contribution in [0.1, 0.15) is 34.7 Å². The highest BCUT2D eigenvalue weighted by Crippen LogP contribution is 2.21. The third kappa shape index (κ3) is 5.31. The molecule has 1 aliphatic heterocycles. The van der Waals surface area contributed by atoms with Gasteiger partial charge in [-0.1, -0.05) is 17.7 Å². The molecule has 0 atom stereocenters. The van der Waals surface area contributed by atoms with Crippen LogP contribution in [0.15, 0.2) is 53.1 Å². The first-order valence-electron chi connectivity index (χ1n) is 10.8. The number of furan rings is 1. The number of hydrogen-bond donors (Lipinski definition) is 1. The van der Waals surface area contributed by atoms with Crippen LogP contribution in [0.4, 0.5) is 5.82 Å². The Morgan fingerprint density at radius 1 is 1.12 bits per heavy atom. The molecular weight excluding hydrogens is 424 g/mol. The number of likely N-dealkylation sites (tertiary alicyclic amines) is 1. The van der Waals surface area contributed by atoms with Crippen LogP contribution in [0.5, 0.6) is 0 Å². The largest absolute Gasteiger partial charge is 0.459 e. The van der Waals surface area contributed by atoms with E-state index in [2.05, 4.69) is 10.4 Å². The number of rotatable bonds is 6. The summed E-state index contributed by atoms with van der Waals surface area (Å²) in [7, 11) is 0. The minimum Gasteiger partial charge on any atom is -0.459 e. The van der Waals surface area contributed by atoms with Gasteiger partial charge in [-0.25, -0.2) is 4.68 Å². The smallest absolute Gasteiger partial charge is 0.309 e. The molecule has 0 radical (unpaired) electrons. The van der Waals surface area contributed by atoms with Crippen molar-refractivity contribution in [1.82, 2.24) is 14.7 Å². The van der Waals surface area contributed by atoms with E-state index in [4.69, 9.17) is 9.15 Å². The Morgan fingerprint density at radius 2 is 1.85 bits per heavy atom. The molecule has 0 aliphatic carbocycles. The van der Waals surface area contributed by atoms with Gasteiger partial charge in [0.1, 0.15) is 5.82 Å². The third-order valence-electron chi connectivity index (χ3n) is 5.57. The van der Waals surface area contributed by atoms with Gasteiger partial charge in [0.15, 0.2) is 12.4 Å². The minimum absolute atomic E-state index is 0.188. The molecule has 1 saturated heterocycles. The molecule has 4 rings (SSSR count). The van der Waals surface area contributed by atoms with Gasteiger partial charge >= 0.3 is 5.97 Å². The number of ether oxygens (including phenoxy) is 1. The molecule has 1 N–H and O–H groups in total. The first-order valence-corrected chi connectivity index (χ1v) is 10.8. The van der Waals surface area contributed by atoms with Crippen molar-refractivity contribution < 1.29 is 23.5 Å². The fourth-order valence-electron chi connectivity index (χ4n) is 3.78. The van der Waals surface area contributed by atoms with E-state index >= 15 is 0 Å². The van der Waals surface area contributed by atoms with Crippen molar-refractivity contribution in [2.75, 3.05) is 25.0 Å². The third-order valence-corrected chi connectivity index (χ3v) is 5.57. The van der Waals surface area contributed by atoms with Gasteiger partial charge in [0.05, 0.1) is 23.6 Å². The Bertz CT molecular complexity index is 1130. The molecule has 0 spiro atoms. The Morgan fingerprint density at radius 3 is 2.52 bits per heavy atom. The van der Waals surface area contributed by atoms with Gasteiger partial charge in [-0.3, -0.25) is 14.4 Å². The Hall–Kier alpha value is -3.88. The quantitative estimate of drug-likeness (QED) is 0.579. The van der Waals surface area contributed by atoms with E-state index in [1.165, 1.54) is 6.26 Å². The van der Waals surface area contributed by atoms with Crippen molar-refractivity contribution in [3.05, 3.63) is 65.7 Å². The summed E-state index contributed by atoms with van der Waals surface area (Å²) in [5, 5.41) is 7.19. The number of amides is 2. The summed E-state index contributed by atoms with van der Waals surface area (Å²) in [6.07, 6.45) is 2.41. The molecule has 33 heavy (non-hydrogen) atoms. The maximum Gasteiger partial charge on any atom is 0.309 e. The number of aryl methyl sites for hydroxylation is 2. The second-order valence-electron chi connectivity index (χ2n) is 8.12. The molecule has 2 aromatic heterocycles. The molecule has 1 aromatic carbocycles. The lowest BCUT2D eigenvalue weighted by atomic mass is 9.97. The van der Waals surface area contributed by atoms with Gasteiger partial charge in [-0.2, -0.15) is 5.10 Å². The van der Waals surface area contributed by atoms with E-state index in [0.717, 1.165) is 16.9 Å². The van der Waals surface area contributed by atoms with E-state index in [1.54, 1.807) is 27.8 Å². The predicted molar refractivity (Wildman–Crippen MR) is 120 cm³/mol. The second kappa shape index (κ2) is 9.72. The van der Waals surface area contributed by atoms with Gasteiger partial charge in [0, 0.05) is 19.2 Å². The van der Waals surface area contributed by atoms with E-state index < -0.39 is 11.9 Å². The maximum atomic E-state index is 12.4. The molecule has 0 unspecified atom stereocenters. The first kappa shape index (κ1) is 22.3. The van der Waals surface area contributed by atoms with E-state index in [-0.39, 0.29) is 24.2 Å². The Kier molecular flexibility index (Phi) is 6.58. The van der Waals surface area contributed by atoms with Crippen molar-refractivity contribution in [2.45, 2.75) is 26.7 Å². The molecule has 0 bridgehead atoms. The van der Waals surface area contributed by atoms with E-state index in [9.17, 15) is 14.4 Å². The summed E-state index contributed by atoms with van der Waals surface area (Å²) < 4.78 is 12.0. The maximum absolute atomic E-state index is 12.4. The van der Waals surface area contributed by atoms with Crippen molar-refractivity contribution in [2.24, 2.45) is 5.92 Å². The molecule has 172 valence electrons. The van der Waals surface area contributed by atoms with E-state index in [1.807, 2.05) is 38.1 Å². The lowest BCUT2D eigenvalue weighted by molar-refractivity contribution is -0.152. The fraction of sp³-hybridized carbons (Fsp3) is 0.333. The van der Waals surface area contributed by atoms with Gasteiger partial charge in [-0.05, 0) is 51.0 Å². The molecule has 3 aromatic rings.